The van der Waals surface area contributed by atoms with E-state index in [9.17, 15) is 9.59 Å². The molecule has 0 saturated heterocycles. The van der Waals surface area contributed by atoms with E-state index < -0.39 is 11.8 Å². The molecule has 0 aliphatic carbocycles. The zero-order valence-electron chi connectivity index (χ0n) is 16.7. The lowest BCUT2D eigenvalue weighted by atomic mass is 10.1. The van der Waals surface area contributed by atoms with Gasteiger partial charge in [0.05, 0.1) is 6.21 Å². The van der Waals surface area contributed by atoms with Crippen molar-refractivity contribution < 1.29 is 14.3 Å². The van der Waals surface area contributed by atoms with Gasteiger partial charge in [-0.15, -0.1) is 0 Å². The van der Waals surface area contributed by atoms with Crippen molar-refractivity contribution in [3.8, 4) is 5.75 Å². The van der Waals surface area contributed by atoms with E-state index in [1.54, 1.807) is 24.3 Å². The van der Waals surface area contributed by atoms with Gasteiger partial charge in [0.15, 0.2) is 0 Å². The van der Waals surface area contributed by atoms with Gasteiger partial charge < -0.3 is 10.1 Å². The quantitative estimate of drug-likeness (QED) is 0.339. The first-order valence-corrected chi connectivity index (χ1v) is 9.54. The van der Waals surface area contributed by atoms with Gasteiger partial charge in [-0.1, -0.05) is 48.0 Å². The molecule has 0 radical (unpaired) electrons. The van der Waals surface area contributed by atoms with Crippen LogP contribution in [0.25, 0.3) is 0 Å². The van der Waals surface area contributed by atoms with Gasteiger partial charge in [-0.25, -0.2) is 5.43 Å². The molecular weight excluding hydrogens is 378 g/mol. The summed E-state index contributed by atoms with van der Waals surface area (Å²) in [6, 6.07) is 24.5. The second-order valence-corrected chi connectivity index (χ2v) is 6.73. The van der Waals surface area contributed by atoms with E-state index in [-0.39, 0.29) is 6.42 Å². The fraction of sp³-hybridized carbons (Fsp3) is 0.125. The lowest BCUT2D eigenvalue weighted by Crippen LogP contribution is -2.24. The number of amides is 2. The summed E-state index contributed by atoms with van der Waals surface area (Å²) in [5.41, 5.74) is 6.10. The highest BCUT2D eigenvalue weighted by Crippen LogP contribution is 2.14. The predicted octanol–water partition coefficient (Wildman–Crippen LogP) is 4.05. The Morgan fingerprint density at radius 1 is 0.933 bits per heavy atom. The van der Waals surface area contributed by atoms with Crippen LogP contribution in [0.5, 0.6) is 5.75 Å². The number of anilines is 1. The summed E-state index contributed by atoms with van der Waals surface area (Å²) in [5.74, 6) is -0.142. The maximum Gasteiger partial charge on any atom is 0.249 e. The molecule has 152 valence electrons. The smallest absolute Gasteiger partial charge is 0.249 e. The lowest BCUT2D eigenvalue weighted by molar-refractivity contribution is -0.126. The van der Waals surface area contributed by atoms with E-state index in [4.69, 9.17) is 4.74 Å². The molecule has 3 aromatic rings. The fourth-order valence-corrected chi connectivity index (χ4v) is 2.71. The lowest BCUT2D eigenvalue weighted by Gasteiger charge is -2.07. The van der Waals surface area contributed by atoms with E-state index in [1.165, 1.54) is 11.8 Å². The van der Waals surface area contributed by atoms with Crippen LogP contribution in [0, 0.1) is 6.92 Å². The maximum atomic E-state index is 11.8. The highest BCUT2D eigenvalue weighted by Gasteiger charge is 2.08. The largest absolute Gasteiger partial charge is 0.489 e. The average Bonchev–Trinajstić information content (AvgIpc) is 2.74. The molecule has 3 rings (SSSR count). The summed E-state index contributed by atoms with van der Waals surface area (Å²) in [4.78, 5) is 23.7. The van der Waals surface area contributed by atoms with Crippen molar-refractivity contribution in [3.05, 3.63) is 95.6 Å². The molecular formula is C24H23N3O3. The topological polar surface area (TPSA) is 79.8 Å². The first kappa shape index (κ1) is 20.8. The number of hydrogen-bond donors (Lipinski definition) is 2. The summed E-state index contributed by atoms with van der Waals surface area (Å²) in [5, 5.41) is 6.54. The molecule has 30 heavy (non-hydrogen) atoms. The van der Waals surface area contributed by atoms with Gasteiger partial charge in [-0.2, -0.15) is 5.10 Å². The molecule has 0 heterocycles. The standard InChI is InChI=1S/C24H23N3O3/c1-18-6-5-7-20(14-18)17-30-22-12-10-19(11-13-22)16-25-27-24(29)15-23(28)26-21-8-3-2-4-9-21/h2-14,16H,15,17H2,1H3,(H,26,28)(H,27,29). The third-order valence-electron chi connectivity index (χ3n) is 4.15. The number of carbonyl (C=O) groups is 2. The Bertz CT molecular complexity index is 1020. The second kappa shape index (κ2) is 10.6. The third-order valence-corrected chi connectivity index (χ3v) is 4.15. The Balaban J connectivity index is 1.42. The number of benzene rings is 3. The van der Waals surface area contributed by atoms with Crippen LogP contribution in [0.15, 0.2) is 84.0 Å². The van der Waals surface area contributed by atoms with Crippen LogP contribution in [0.1, 0.15) is 23.1 Å². The second-order valence-electron chi connectivity index (χ2n) is 6.73. The van der Waals surface area contributed by atoms with E-state index in [0.717, 1.165) is 16.9 Å². The number of hydrogen-bond acceptors (Lipinski definition) is 4. The first-order chi connectivity index (χ1) is 14.6. The zero-order chi connectivity index (χ0) is 21.2. The number of para-hydroxylation sites is 1. The van der Waals surface area contributed by atoms with Crippen LogP contribution in [-0.2, 0) is 16.2 Å². The molecule has 3 aromatic carbocycles. The molecule has 0 unspecified atom stereocenters. The van der Waals surface area contributed by atoms with Gasteiger partial charge in [0.25, 0.3) is 0 Å². The van der Waals surface area contributed by atoms with Crippen molar-refractivity contribution in [1.82, 2.24) is 5.43 Å². The summed E-state index contributed by atoms with van der Waals surface area (Å²) in [7, 11) is 0. The Morgan fingerprint density at radius 2 is 1.70 bits per heavy atom. The van der Waals surface area contributed by atoms with Gasteiger partial charge in [-0.05, 0) is 54.4 Å². The molecule has 0 fully saturated rings. The highest BCUT2D eigenvalue weighted by atomic mass is 16.5. The van der Waals surface area contributed by atoms with E-state index >= 15 is 0 Å². The highest BCUT2D eigenvalue weighted by molar-refractivity contribution is 6.03. The van der Waals surface area contributed by atoms with Crippen molar-refractivity contribution >= 4 is 23.7 Å². The molecule has 0 saturated carbocycles. The minimum Gasteiger partial charge on any atom is -0.489 e. The molecule has 0 bridgehead atoms. The molecule has 0 aliphatic rings. The van der Waals surface area contributed by atoms with Gasteiger partial charge in [0.1, 0.15) is 18.8 Å². The van der Waals surface area contributed by atoms with Crippen molar-refractivity contribution in [2.75, 3.05) is 5.32 Å². The number of hydrazone groups is 1. The fourth-order valence-electron chi connectivity index (χ4n) is 2.71. The summed E-state index contributed by atoms with van der Waals surface area (Å²) in [6.07, 6.45) is 1.20. The van der Waals surface area contributed by atoms with Crippen LogP contribution >= 0.6 is 0 Å². The number of ether oxygens (including phenoxy) is 1. The van der Waals surface area contributed by atoms with Crippen molar-refractivity contribution in [1.29, 1.82) is 0 Å². The molecule has 6 nitrogen and oxygen atoms in total. The number of carbonyl (C=O) groups excluding carboxylic acids is 2. The van der Waals surface area contributed by atoms with E-state index in [0.29, 0.717) is 12.3 Å². The Morgan fingerprint density at radius 3 is 2.43 bits per heavy atom. The molecule has 0 aliphatic heterocycles. The minimum atomic E-state index is -0.488. The van der Waals surface area contributed by atoms with Crippen LogP contribution in [0.2, 0.25) is 0 Å². The SMILES string of the molecule is Cc1cccc(COc2ccc(C=NNC(=O)CC(=O)Nc3ccccc3)cc2)c1. The Labute approximate surface area is 175 Å². The molecule has 6 heteroatoms. The zero-order valence-corrected chi connectivity index (χ0v) is 16.7. The monoisotopic (exact) mass is 401 g/mol. The summed E-state index contributed by atoms with van der Waals surface area (Å²) >= 11 is 0. The van der Waals surface area contributed by atoms with Gasteiger partial charge in [0, 0.05) is 5.69 Å². The van der Waals surface area contributed by atoms with Gasteiger partial charge >= 0.3 is 0 Å². The minimum absolute atomic E-state index is 0.308. The first-order valence-electron chi connectivity index (χ1n) is 9.54. The number of aryl methyl sites for hydroxylation is 1. The summed E-state index contributed by atoms with van der Waals surface area (Å²) < 4.78 is 5.78. The normalized spacial score (nSPS) is 10.6. The molecule has 0 atom stereocenters. The van der Waals surface area contributed by atoms with Gasteiger partial charge in [0.2, 0.25) is 11.8 Å². The van der Waals surface area contributed by atoms with Crippen LogP contribution in [-0.4, -0.2) is 18.0 Å². The van der Waals surface area contributed by atoms with Crippen molar-refractivity contribution in [2.24, 2.45) is 5.10 Å². The van der Waals surface area contributed by atoms with Gasteiger partial charge in [-0.3, -0.25) is 9.59 Å². The van der Waals surface area contributed by atoms with Crippen LogP contribution in [0.4, 0.5) is 5.69 Å². The summed E-state index contributed by atoms with van der Waals surface area (Å²) in [6.45, 7) is 2.54. The Kier molecular flexibility index (Phi) is 7.33. The predicted molar refractivity (Wildman–Crippen MR) is 117 cm³/mol. The van der Waals surface area contributed by atoms with Crippen LogP contribution in [0.3, 0.4) is 0 Å². The molecule has 2 N–H and O–H groups in total. The molecule has 2 amide bonds. The third kappa shape index (κ3) is 6.91. The average molecular weight is 401 g/mol. The maximum absolute atomic E-state index is 11.8. The van der Waals surface area contributed by atoms with Crippen molar-refractivity contribution in [3.63, 3.8) is 0 Å². The number of rotatable bonds is 8. The molecule has 0 aromatic heterocycles. The molecule has 0 spiro atoms. The Hall–Kier alpha value is -3.93. The van der Waals surface area contributed by atoms with Crippen molar-refractivity contribution in [2.45, 2.75) is 20.0 Å². The number of nitrogens with zero attached hydrogens (tertiary/aromatic N) is 1. The van der Waals surface area contributed by atoms with E-state index in [1.807, 2.05) is 55.5 Å². The number of nitrogens with one attached hydrogen (secondary N) is 2. The van der Waals surface area contributed by atoms with Crippen LogP contribution < -0.4 is 15.5 Å². The van der Waals surface area contributed by atoms with E-state index in [2.05, 4.69) is 21.9 Å².